The van der Waals surface area contributed by atoms with Crippen molar-refractivity contribution < 1.29 is 0 Å². The zero-order valence-electron chi connectivity index (χ0n) is 8.95. The molecule has 1 aliphatic rings. The van der Waals surface area contributed by atoms with Gasteiger partial charge >= 0.3 is 82.1 Å². The van der Waals surface area contributed by atoms with Crippen molar-refractivity contribution in [1.82, 2.24) is 0 Å². The molecule has 71 valence electrons. The second kappa shape index (κ2) is 4.88. The molecule has 0 saturated heterocycles. The van der Waals surface area contributed by atoms with Gasteiger partial charge in [-0.1, -0.05) is 0 Å². The van der Waals surface area contributed by atoms with Crippen LogP contribution in [0.4, 0.5) is 0 Å². The second-order valence-electron chi connectivity index (χ2n) is 4.15. The van der Waals surface area contributed by atoms with Crippen LogP contribution in [0.1, 0.15) is 46.5 Å². The maximum absolute atomic E-state index is 2.45. The van der Waals surface area contributed by atoms with Crippen LogP contribution in [0.3, 0.4) is 0 Å². The van der Waals surface area contributed by atoms with Crippen molar-refractivity contribution in [1.29, 1.82) is 0 Å². The molecule has 0 spiro atoms. The SMILES string of the molecule is C[CH2][Sn]([CH2]C)([CH2]C)[C]1CCCC1. The van der Waals surface area contributed by atoms with E-state index in [1.165, 1.54) is 25.7 Å². The van der Waals surface area contributed by atoms with Crippen molar-refractivity contribution in [2.75, 3.05) is 0 Å². The van der Waals surface area contributed by atoms with Gasteiger partial charge in [-0.05, 0) is 0 Å². The van der Waals surface area contributed by atoms with Crippen molar-refractivity contribution >= 4 is 18.4 Å². The van der Waals surface area contributed by atoms with Crippen molar-refractivity contribution in [2.45, 2.75) is 59.8 Å². The number of hydrogen-bond acceptors (Lipinski definition) is 0. The van der Waals surface area contributed by atoms with E-state index in [0.717, 1.165) is 0 Å². The molecule has 0 aromatic rings. The molecule has 0 nitrogen and oxygen atoms in total. The summed E-state index contributed by atoms with van der Waals surface area (Å²) in [6.45, 7) is 7.36. The Morgan fingerprint density at radius 2 is 1.33 bits per heavy atom. The zero-order valence-corrected chi connectivity index (χ0v) is 11.8. The Balaban J connectivity index is 2.61. The van der Waals surface area contributed by atoms with Gasteiger partial charge in [-0.25, -0.2) is 0 Å². The predicted octanol–water partition coefficient (Wildman–Crippen LogP) is 4.18. The minimum absolute atomic E-state index is 1.51. The van der Waals surface area contributed by atoms with E-state index in [4.69, 9.17) is 0 Å². The first kappa shape index (κ1) is 10.9. The molecule has 0 atom stereocenters. The van der Waals surface area contributed by atoms with E-state index in [2.05, 4.69) is 24.7 Å². The third-order valence-corrected chi connectivity index (χ3v) is 21.3. The maximum atomic E-state index is 2.45. The minimum atomic E-state index is -1.63. The third kappa shape index (κ3) is 1.99. The molecule has 1 radical (unpaired) electrons. The molecule has 1 saturated carbocycles. The molecular formula is C11H23Sn. The van der Waals surface area contributed by atoms with Gasteiger partial charge in [-0.3, -0.25) is 0 Å². The van der Waals surface area contributed by atoms with Crippen molar-refractivity contribution in [3.05, 3.63) is 3.93 Å². The Labute approximate surface area is 82.0 Å². The normalized spacial score (nSPS) is 20.2. The topological polar surface area (TPSA) is 0 Å². The zero-order chi connectivity index (χ0) is 9.03. The first-order chi connectivity index (χ1) is 5.79. The van der Waals surface area contributed by atoms with Crippen LogP contribution in [-0.4, -0.2) is 18.4 Å². The van der Waals surface area contributed by atoms with Crippen LogP contribution in [0, 0.1) is 3.93 Å². The Hall–Kier alpha value is 0.799. The van der Waals surface area contributed by atoms with Crippen LogP contribution in [0.2, 0.25) is 13.3 Å². The van der Waals surface area contributed by atoms with Crippen LogP contribution < -0.4 is 0 Å². The fourth-order valence-corrected chi connectivity index (χ4v) is 15.4. The molecule has 1 rings (SSSR count). The summed E-state index contributed by atoms with van der Waals surface area (Å²) in [4.78, 5) is 0. The van der Waals surface area contributed by atoms with Gasteiger partial charge in [0.1, 0.15) is 0 Å². The van der Waals surface area contributed by atoms with Gasteiger partial charge in [0.05, 0.1) is 0 Å². The second-order valence-corrected chi connectivity index (χ2v) is 19.5. The van der Waals surface area contributed by atoms with Crippen molar-refractivity contribution in [3.8, 4) is 0 Å². The molecule has 0 aromatic carbocycles. The molecule has 12 heavy (non-hydrogen) atoms. The fraction of sp³-hybridized carbons (Fsp3) is 0.909. The van der Waals surface area contributed by atoms with Gasteiger partial charge < -0.3 is 0 Å². The summed E-state index contributed by atoms with van der Waals surface area (Å²) in [6.07, 6.45) is 6.05. The molecule has 1 aliphatic carbocycles. The summed E-state index contributed by atoms with van der Waals surface area (Å²) in [5.41, 5.74) is 0. The monoisotopic (exact) mass is 275 g/mol. The Bertz CT molecular complexity index is 113. The van der Waals surface area contributed by atoms with E-state index in [0.29, 0.717) is 0 Å². The van der Waals surface area contributed by atoms with Gasteiger partial charge in [0, 0.05) is 0 Å². The van der Waals surface area contributed by atoms with Crippen LogP contribution >= 0.6 is 0 Å². The quantitative estimate of drug-likeness (QED) is 0.674. The third-order valence-electron chi connectivity index (χ3n) is 3.99. The van der Waals surface area contributed by atoms with Crippen molar-refractivity contribution in [3.63, 3.8) is 0 Å². The molecule has 0 aliphatic heterocycles. The van der Waals surface area contributed by atoms with Gasteiger partial charge in [-0.2, -0.15) is 0 Å². The molecule has 0 amide bonds. The van der Waals surface area contributed by atoms with E-state index in [1.54, 1.807) is 13.3 Å². The molecule has 0 heterocycles. The van der Waals surface area contributed by atoms with Crippen LogP contribution in [0.25, 0.3) is 0 Å². The van der Waals surface area contributed by atoms with Crippen LogP contribution in [0.5, 0.6) is 0 Å². The first-order valence-electron chi connectivity index (χ1n) is 5.64. The standard InChI is InChI=1S/C5H8.3C2H5.Sn/c1-2-4-5-3-1;3*1-2;/h1-4H2;3*1H2,2H3;. The van der Waals surface area contributed by atoms with Crippen LogP contribution in [0.15, 0.2) is 0 Å². The number of hydrogen-bond donors (Lipinski definition) is 0. The molecular weight excluding hydrogens is 251 g/mol. The van der Waals surface area contributed by atoms with Gasteiger partial charge in [0.25, 0.3) is 0 Å². The van der Waals surface area contributed by atoms with Gasteiger partial charge in [0.15, 0.2) is 0 Å². The van der Waals surface area contributed by atoms with E-state index in [1.807, 2.05) is 0 Å². The van der Waals surface area contributed by atoms with E-state index in [9.17, 15) is 0 Å². The van der Waals surface area contributed by atoms with Crippen LogP contribution in [-0.2, 0) is 0 Å². The molecule has 1 fully saturated rings. The Morgan fingerprint density at radius 1 is 0.917 bits per heavy atom. The average Bonchev–Trinajstić information content (AvgIpc) is 2.62. The predicted molar refractivity (Wildman–Crippen MR) is 58.9 cm³/mol. The van der Waals surface area contributed by atoms with Gasteiger partial charge in [-0.15, -0.1) is 0 Å². The summed E-state index contributed by atoms with van der Waals surface area (Å²) < 4.78 is 6.79. The van der Waals surface area contributed by atoms with E-state index >= 15 is 0 Å². The average molecular weight is 274 g/mol. The summed E-state index contributed by atoms with van der Waals surface area (Å²) in [5.74, 6) is 0. The van der Waals surface area contributed by atoms with Gasteiger partial charge in [0.2, 0.25) is 0 Å². The Morgan fingerprint density at radius 3 is 1.67 bits per heavy atom. The molecule has 0 unspecified atom stereocenters. The van der Waals surface area contributed by atoms with E-state index in [-0.39, 0.29) is 0 Å². The summed E-state index contributed by atoms with van der Waals surface area (Å²) >= 11 is -1.63. The molecule has 1 heteroatoms. The van der Waals surface area contributed by atoms with Crippen molar-refractivity contribution in [2.24, 2.45) is 0 Å². The summed E-state index contributed by atoms with van der Waals surface area (Å²) in [7, 11) is 0. The molecule has 0 N–H and O–H groups in total. The Kier molecular flexibility index (Phi) is 4.42. The summed E-state index contributed by atoms with van der Waals surface area (Å²) in [5, 5.41) is 0. The molecule has 0 aromatic heterocycles. The first-order valence-corrected chi connectivity index (χ1v) is 13.1. The van der Waals surface area contributed by atoms with E-state index < -0.39 is 18.4 Å². The molecule has 0 bridgehead atoms. The fourth-order valence-electron chi connectivity index (χ4n) is 2.83. The summed E-state index contributed by atoms with van der Waals surface area (Å²) in [6, 6.07) is 0. The number of rotatable bonds is 4.